The van der Waals surface area contributed by atoms with Crippen molar-refractivity contribution in [3.63, 3.8) is 0 Å². The summed E-state index contributed by atoms with van der Waals surface area (Å²) in [6.07, 6.45) is -1.01. The molecule has 0 saturated heterocycles. The number of imidazole rings is 1. The van der Waals surface area contributed by atoms with E-state index in [-0.39, 0.29) is 28.7 Å². The van der Waals surface area contributed by atoms with Gasteiger partial charge in [-0.1, -0.05) is 30.3 Å². The predicted octanol–water partition coefficient (Wildman–Crippen LogP) is 5.34. The number of nitriles is 1. The van der Waals surface area contributed by atoms with Crippen molar-refractivity contribution in [1.82, 2.24) is 19.5 Å². The average molecular weight is 508 g/mol. The third-order valence-corrected chi connectivity index (χ3v) is 5.45. The average Bonchev–Trinajstić information content (AvgIpc) is 3.30. The number of ether oxygens (including phenoxy) is 4. The summed E-state index contributed by atoms with van der Waals surface area (Å²) < 4.78 is 23.3. The van der Waals surface area contributed by atoms with E-state index in [1.807, 2.05) is 6.92 Å². The Balaban J connectivity index is 1.66. The molecular weight excluding hydrogens is 486 g/mol. The van der Waals surface area contributed by atoms with Crippen molar-refractivity contribution in [3.8, 4) is 46.4 Å². The van der Waals surface area contributed by atoms with E-state index in [0.717, 1.165) is 0 Å². The highest BCUT2D eigenvalue weighted by atomic mass is 16.7. The molecule has 0 unspecified atom stereocenters. The first-order valence-electron chi connectivity index (χ1n) is 11.6. The van der Waals surface area contributed by atoms with Gasteiger partial charge in [-0.2, -0.15) is 10.2 Å². The molecule has 5 rings (SSSR count). The number of hydrogen-bond acceptors (Lipinski definition) is 9. The van der Waals surface area contributed by atoms with Gasteiger partial charge in [0.15, 0.2) is 17.2 Å². The smallest absolute Gasteiger partial charge is 0.495 e. The molecule has 0 amide bonds. The molecule has 38 heavy (non-hydrogen) atoms. The quantitative estimate of drug-likeness (QED) is 0.212. The highest BCUT2D eigenvalue weighted by molar-refractivity contribution is 5.83. The molecule has 3 aromatic carbocycles. The highest BCUT2D eigenvalue weighted by Gasteiger charge is 2.25. The maximum absolute atomic E-state index is 12.7. The zero-order valence-corrected chi connectivity index (χ0v) is 20.5. The van der Waals surface area contributed by atoms with E-state index in [1.54, 1.807) is 78.9 Å². The highest BCUT2D eigenvalue weighted by Crippen LogP contribution is 2.33. The van der Waals surface area contributed by atoms with Gasteiger partial charge in [-0.3, -0.25) is 0 Å². The van der Waals surface area contributed by atoms with Crippen LogP contribution in [0.3, 0.4) is 0 Å². The zero-order valence-electron chi connectivity index (χ0n) is 20.5. The van der Waals surface area contributed by atoms with Crippen molar-refractivity contribution >= 4 is 17.3 Å². The molecule has 10 heteroatoms. The molecule has 0 aliphatic heterocycles. The molecule has 2 heterocycles. The fraction of sp³-hybridized carbons (Fsp3) is 0.107. The summed E-state index contributed by atoms with van der Waals surface area (Å²) in [6.45, 7) is 2.44. The second-order valence-corrected chi connectivity index (χ2v) is 7.81. The van der Waals surface area contributed by atoms with E-state index in [4.69, 9.17) is 23.9 Å². The molecule has 0 fully saturated rings. The number of carbonyl (C=O) groups excluding carboxylic acids is 1. The molecule has 0 saturated carbocycles. The lowest BCUT2D eigenvalue weighted by atomic mass is 10.2. The lowest BCUT2D eigenvalue weighted by molar-refractivity contribution is 0.147. The Morgan fingerprint density at radius 1 is 0.895 bits per heavy atom. The number of rotatable bonds is 7. The molecule has 10 nitrogen and oxygen atoms in total. The van der Waals surface area contributed by atoms with Gasteiger partial charge in [0.1, 0.15) is 28.8 Å². The summed E-state index contributed by atoms with van der Waals surface area (Å²) in [5.41, 5.74) is 1.54. The molecule has 0 spiro atoms. The van der Waals surface area contributed by atoms with Crippen LogP contribution in [-0.4, -0.2) is 39.4 Å². The van der Waals surface area contributed by atoms with E-state index in [1.165, 1.54) is 11.7 Å². The Hall–Kier alpha value is -5.43. The number of methoxy groups -OCH3 is 1. The first-order valence-corrected chi connectivity index (χ1v) is 11.6. The molecule has 0 aliphatic rings. The van der Waals surface area contributed by atoms with Crippen LogP contribution in [0.5, 0.6) is 23.3 Å². The first kappa shape index (κ1) is 24.3. The van der Waals surface area contributed by atoms with Gasteiger partial charge in [0.2, 0.25) is 0 Å². The van der Waals surface area contributed by atoms with Crippen LogP contribution in [0.2, 0.25) is 0 Å². The Morgan fingerprint density at radius 3 is 2.34 bits per heavy atom. The monoisotopic (exact) mass is 507 g/mol. The van der Waals surface area contributed by atoms with Crippen LogP contribution in [-0.2, 0) is 0 Å². The molecule has 2 aromatic heterocycles. The number of aromatic nitrogens is 4. The van der Waals surface area contributed by atoms with E-state index >= 15 is 0 Å². The molecule has 0 atom stereocenters. The molecular formula is C28H21N5O5. The lowest BCUT2D eigenvalue weighted by Crippen LogP contribution is -2.16. The number of benzene rings is 3. The number of para-hydroxylation sites is 3. The Kier molecular flexibility index (Phi) is 6.82. The van der Waals surface area contributed by atoms with Crippen molar-refractivity contribution in [2.24, 2.45) is 0 Å². The van der Waals surface area contributed by atoms with Gasteiger partial charge in [0.05, 0.1) is 19.4 Å². The molecule has 0 bridgehead atoms. The minimum atomic E-state index is -1.01. The Labute approximate surface area is 217 Å². The molecule has 0 radical (unpaired) electrons. The fourth-order valence-electron chi connectivity index (χ4n) is 3.79. The van der Waals surface area contributed by atoms with E-state index in [2.05, 4.69) is 16.0 Å². The van der Waals surface area contributed by atoms with E-state index in [9.17, 15) is 10.1 Å². The van der Waals surface area contributed by atoms with E-state index in [0.29, 0.717) is 35.1 Å². The van der Waals surface area contributed by atoms with Gasteiger partial charge < -0.3 is 18.9 Å². The minimum Gasteiger partial charge on any atom is -0.495 e. The third kappa shape index (κ3) is 4.81. The van der Waals surface area contributed by atoms with Crippen LogP contribution >= 0.6 is 0 Å². The van der Waals surface area contributed by atoms with Crippen molar-refractivity contribution in [3.05, 3.63) is 84.6 Å². The first-order chi connectivity index (χ1) is 18.6. The van der Waals surface area contributed by atoms with Gasteiger partial charge >= 0.3 is 12.2 Å². The summed E-state index contributed by atoms with van der Waals surface area (Å²) in [7, 11) is 1.52. The minimum absolute atomic E-state index is 0.00816. The fourth-order valence-corrected chi connectivity index (χ4v) is 3.79. The van der Waals surface area contributed by atoms with Crippen molar-refractivity contribution in [1.29, 1.82) is 5.26 Å². The SMILES string of the molecule is CCOc1ccc(-c2nc(C#N)c3nc(OC(=O)Oc4ccccc4)n(-c4ccccc4OC)c3n2)cc1. The van der Waals surface area contributed by atoms with Gasteiger partial charge in [0, 0.05) is 5.56 Å². The van der Waals surface area contributed by atoms with Crippen LogP contribution in [0.25, 0.3) is 28.2 Å². The number of nitrogens with zero attached hydrogens (tertiary/aromatic N) is 5. The van der Waals surface area contributed by atoms with Crippen LogP contribution in [0, 0.1) is 11.3 Å². The number of carbonyl (C=O) groups is 1. The largest absolute Gasteiger partial charge is 0.521 e. The summed E-state index contributed by atoms with van der Waals surface area (Å²) >= 11 is 0. The van der Waals surface area contributed by atoms with E-state index < -0.39 is 6.16 Å². The van der Waals surface area contributed by atoms with Crippen molar-refractivity contribution in [2.75, 3.05) is 13.7 Å². The Morgan fingerprint density at radius 2 is 1.63 bits per heavy atom. The van der Waals surface area contributed by atoms with Gasteiger partial charge in [0.25, 0.3) is 0 Å². The van der Waals surface area contributed by atoms with Gasteiger partial charge in [-0.25, -0.2) is 19.3 Å². The molecule has 0 aliphatic carbocycles. The summed E-state index contributed by atoms with van der Waals surface area (Å²) in [6, 6.07) is 24.7. The van der Waals surface area contributed by atoms with Crippen molar-refractivity contribution in [2.45, 2.75) is 6.92 Å². The van der Waals surface area contributed by atoms with Crippen LogP contribution in [0.15, 0.2) is 78.9 Å². The number of fused-ring (bicyclic) bond motifs is 1. The Bertz CT molecular complexity index is 1640. The van der Waals surface area contributed by atoms with Crippen molar-refractivity contribution < 1.29 is 23.7 Å². The second kappa shape index (κ2) is 10.7. The van der Waals surface area contributed by atoms with Crippen LogP contribution in [0.1, 0.15) is 12.6 Å². The van der Waals surface area contributed by atoms with Crippen LogP contribution < -0.4 is 18.9 Å². The van der Waals surface area contributed by atoms with Gasteiger partial charge in [-0.05, 0) is 55.5 Å². The maximum Gasteiger partial charge on any atom is 0.521 e. The third-order valence-electron chi connectivity index (χ3n) is 5.45. The summed E-state index contributed by atoms with van der Waals surface area (Å²) in [5, 5.41) is 9.90. The predicted molar refractivity (Wildman–Crippen MR) is 138 cm³/mol. The number of hydrogen-bond donors (Lipinski definition) is 0. The van der Waals surface area contributed by atoms with Crippen LogP contribution in [0.4, 0.5) is 4.79 Å². The second-order valence-electron chi connectivity index (χ2n) is 7.81. The summed E-state index contributed by atoms with van der Waals surface area (Å²) in [4.78, 5) is 26.2. The standard InChI is InChI=1S/C28H21N5O5/c1-3-36-19-15-13-18(14-16-19)25-30-21(17-29)24-26(32-25)33(22-11-7-8-12-23(22)35-2)27(31-24)38-28(34)37-20-9-5-4-6-10-20/h4-16H,3H2,1-2H3. The zero-order chi connectivity index (χ0) is 26.5. The maximum atomic E-state index is 12.7. The molecule has 5 aromatic rings. The topological polar surface area (TPSA) is 121 Å². The van der Waals surface area contributed by atoms with Gasteiger partial charge in [-0.15, -0.1) is 0 Å². The molecule has 188 valence electrons. The summed E-state index contributed by atoms with van der Waals surface area (Å²) in [5.74, 6) is 1.75. The molecule has 0 N–H and O–H groups in total. The normalized spacial score (nSPS) is 10.6. The lowest BCUT2D eigenvalue weighted by Gasteiger charge is -2.12.